The van der Waals surface area contributed by atoms with Crippen molar-refractivity contribution in [2.45, 2.75) is 6.54 Å². The number of hydrogen-bond donors (Lipinski definition) is 0. The van der Waals surface area contributed by atoms with Crippen LogP contribution in [0.4, 0.5) is 0 Å². The van der Waals surface area contributed by atoms with Gasteiger partial charge in [0.2, 0.25) is 0 Å². The van der Waals surface area contributed by atoms with Crippen LogP contribution >= 0.6 is 0 Å². The third kappa shape index (κ3) is 1.50. The van der Waals surface area contributed by atoms with Gasteiger partial charge in [0.1, 0.15) is 23.8 Å². The molecular formula is C15H7N5. The summed E-state index contributed by atoms with van der Waals surface area (Å²) in [6.07, 6.45) is 0. The van der Waals surface area contributed by atoms with Crippen molar-refractivity contribution in [1.82, 2.24) is 9.55 Å². The molecule has 1 aromatic heterocycles. The van der Waals surface area contributed by atoms with Gasteiger partial charge in [-0.3, -0.25) is 0 Å². The second-order valence-corrected chi connectivity index (χ2v) is 4.27. The highest BCUT2D eigenvalue weighted by atomic mass is 15.1. The van der Waals surface area contributed by atoms with Crippen molar-refractivity contribution in [2.75, 3.05) is 0 Å². The normalized spacial score (nSPS) is 12.4. The van der Waals surface area contributed by atoms with E-state index in [9.17, 15) is 5.26 Å². The van der Waals surface area contributed by atoms with E-state index in [2.05, 4.69) is 11.1 Å². The van der Waals surface area contributed by atoms with Crippen molar-refractivity contribution >= 4 is 11.1 Å². The summed E-state index contributed by atoms with van der Waals surface area (Å²) in [5.74, 6) is 0.402. The highest BCUT2D eigenvalue weighted by molar-refractivity contribution is 5.98. The number of aromatic nitrogens is 2. The quantitative estimate of drug-likeness (QED) is 0.782. The molecule has 0 saturated heterocycles. The van der Waals surface area contributed by atoms with Crippen LogP contribution in [-0.2, 0) is 6.54 Å². The predicted octanol–water partition coefficient (Wildman–Crippen LogP) is 2.07. The molecule has 0 radical (unpaired) electrons. The van der Waals surface area contributed by atoms with Gasteiger partial charge in [-0.25, -0.2) is 4.98 Å². The zero-order valence-corrected chi connectivity index (χ0v) is 10.3. The highest BCUT2D eigenvalue weighted by Crippen LogP contribution is 2.34. The number of allylic oxidation sites excluding steroid dienone is 2. The summed E-state index contributed by atoms with van der Waals surface area (Å²) in [6.45, 7) is 0.389. The SMILES string of the molecule is N#CC1=C(c2ccccc2)Cn2c1nc(C#N)c2C#N. The Morgan fingerprint density at radius 1 is 1.00 bits per heavy atom. The van der Waals surface area contributed by atoms with Crippen LogP contribution in [-0.4, -0.2) is 9.55 Å². The molecule has 3 rings (SSSR count). The van der Waals surface area contributed by atoms with E-state index in [1.54, 1.807) is 4.57 Å². The molecule has 0 unspecified atom stereocenters. The van der Waals surface area contributed by atoms with Crippen LogP contribution in [0.2, 0.25) is 0 Å². The van der Waals surface area contributed by atoms with Crippen LogP contribution in [0.5, 0.6) is 0 Å². The molecule has 2 aromatic rings. The third-order valence-electron chi connectivity index (χ3n) is 3.26. The Labute approximate surface area is 115 Å². The summed E-state index contributed by atoms with van der Waals surface area (Å²) in [4.78, 5) is 4.11. The van der Waals surface area contributed by atoms with Gasteiger partial charge >= 0.3 is 0 Å². The Kier molecular flexibility index (Phi) is 2.57. The van der Waals surface area contributed by atoms with Crippen molar-refractivity contribution in [3.8, 4) is 18.2 Å². The van der Waals surface area contributed by atoms with Gasteiger partial charge < -0.3 is 4.57 Å². The molecule has 5 nitrogen and oxygen atoms in total. The van der Waals surface area contributed by atoms with Crippen LogP contribution in [0.3, 0.4) is 0 Å². The lowest BCUT2D eigenvalue weighted by atomic mass is 10.0. The largest absolute Gasteiger partial charge is 0.309 e. The van der Waals surface area contributed by atoms with E-state index in [1.807, 2.05) is 42.5 Å². The number of nitrogens with zero attached hydrogens (tertiary/aromatic N) is 5. The summed E-state index contributed by atoms with van der Waals surface area (Å²) >= 11 is 0. The topological polar surface area (TPSA) is 89.2 Å². The molecule has 5 heteroatoms. The van der Waals surface area contributed by atoms with E-state index in [0.717, 1.165) is 11.1 Å². The van der Waals surface area contributed by atoms with Gasteiger partial charge in [0, 0.05) is 5.57 Å². The molecule has 0 bridgehead atoms. The minimum atomic E-state index is 0.0716. The first-order chi connectivity index (χ1) is 9.80. The molecule has 0 spiro atoms. The molecule has 2 heterocycles. The fourth-order valence-electron chi connectivity index (χ4n) is 2.35. The summed E-state index contributed by atoms with van der Waals surface area (Å²) in [6, 6.07) is 15.5. The van der Waals surface area contributed by atoms with Gasteiger partial charge in [-0.15, -0.1) is 0 Å². The number of nitriles is 3. The molecule has 0 atom stereocenters. The lowest BCUT2D eigenvalue weighted by molar-refractivity contribution is 0.832. The summed E-state index contributed by atoms with van der Waals surface area (Å²) in [7, 11) is 0. The second-order valence-electron chi connectivity index (χ2n) is 4.27. The smallest absolute Gasteiger partial charge is 0.177 e. The van der Waals surface area contributed by atoms with Crippen LogP contribution in [0.1, 0.15) is 22.8 Å². The number of fused-ring (bicyclic) bond motifs is 1. The Hall–Kier alpha value is -3.36. The molecule has 1 aliphatic heterocycles. The molecule has 0 amide bonds. The van der Waals surface area contributed by atoms with Gasteiger partial charge in [0.25, 0.3) is 0 Å². The van der Waals surface area contributed by atoms with E-state index in [4.69, 9.17) is 10.5 Å². The standard InChI is InChI=1S/C15H7N5/c16-6-11-12(10-4-2-1-3-5-10)9-20-14(8-18)13(7-17)19-15(11)20/h1-5H,9H2. The molecule has 20 heavy (non-hydrogen) atoms. The summed E-state index contributed by atoms with van der Waals surface area (Å²) in [5, 5.41) is 27.5. The lowest BCUT2D eigenvalue weighted by Gasteiger charge is -2.03. The third-order valence-corrected chi connectivity index (χ3v) is 3.26. The number of hydrogen-bond acceptors (Lipinski definition) is 4. The average Bonchev–Trinajstić information content (AvgIpc) is 3.02. The summed E-state index contributed by atoms with van der Waals surface area (Å²) < 4.78 is 1.62. The van der Waals surface area contributed by atoms with Crippen molar-refractivity contribution in [2.24, 2.45) is 0 Å². The molecule has 0 aliphatic carbocycles. The Morgan fingerprint density at radius 2 is 1.75 bits per heavy atom. The molecular weight excluding hydrogens is 250 g/mol. The van der Waals surface area contributed by atoms with Crippen LogP contribution in [0, 0.1) is 34.0 Å². The van der Waals surface area contributed by atoms with Crippen molar-refractivity contribution in [3.05, 3.63) is 53.1 Å². The Morgan fingerprint density at radius 3 is 2.35 bits per heavy atom. The first-order valence-electron chi connectivity index (χ1n) is 5.90. The van der Waals surface area contributed by atoms with Crippen molar-refractivity contribution < 1.29 is 0 Å². The minimum absolute atomic E-state index is 0.0716. The fraction of sp³-hybridized carbons (Fsp3) is 0.0667. The Bertz CT molecular complexity index is 851. The maximum absolute atomic E-state index is 9.36. The monoisotopic (exact) mass is 257 g/mol. The maximum atomic E-state index is 9.36. The Balaban J connectivity index is 2.22. The summed E-state index contributed by atoms with van der Waals surface area (Å²) in [5.41, 5.74) is 2.46. The van der Waals surface area contributed by atoms with E-state index in [1.165, 1.54) is 0 Å². The zero-order chi connectivity index (χ0) is 14.1. The highest BCUT2D eigenvalue weighted by Gasteiger charge is 2.29. The molecule has 0 fully saturated rings. The van der Waals surface area contributed by atoms with Gasteiger partial charge in [-0.2, -0.15) is 15.8 Å². The van der Waals surface area contributed by atoms with E-state index in [0.29, 0.717) is 17.9 Å². The molecule has 0 N–H and O–H groups in total. The van der Waals surface area contributed by atoms with E-state index < -0.39 is 0 Å². The van der Waals surface area contributed by atoms with E-state index >= 15 is 0 Å². The maximum Gasteiger partial charge on any atom is 0.177 e. The van der Waals surface area contributed by atoms with Crippen molar-refractivity contribution in [1.29, 1.82) is 15.8 Å². The fourth-order valence-corrected chi connectivity index (χ4v) is 2.35. The average molecular weight is 257 g/mol. The number of benzene rings is 1. The number of imidazole rings is 1. The van der Waals surface area contributed by atoms with Crippen LogP contribution in [0.25, 0.3) is 11.1 Å². The molecule has 1 aliphatic rings. The molecule has 92 valence electrons. The molecule has 0 saturated carbocycles. The van der Waals surface area contributed by atoms with E-state index in [-0.39, 0.29) is 11.4 Å². The van der Waals surface area contributed by atoms with Gasteiger partial charge in [-0.05, 0) is 5.56 Å². The number of rotatable bonds is 1. The molecule has 1 aromatic carbocycles. The second kappa shape index (κ2) is 4.39. The van der Waals surface area contributed by atoms with Crippen LogP contribution in [0.15, 0.2) is 30.3 Å². The first-order valence-corrected chi connectivity index (χ1v) is 5.90. The van der Waals surface area contributed by atoms with Gasteiger partial charge in [-0.1, -0.05) is 30.3 Å². The minimum Gasteiger partial charge on any atom is -0.309 e. The van der Waals surface area contributed by atoms with Gasteiger partial charge in [0.15, 0.2) is 17.2 Å². The van der Waals surface area contributed by atoms with Gasteiger partial charge in [0.05, 0.1) is 6.54 Å². The van der Waals surface area contributed by atoms with Crippen LogP contribution < -0.4 is 0 Å². The van der Waals surface area contributed by atoms with Crippen molar-refractivity contribution in [3.63, 3.8) is 0 Å². The zero-order valence-electron chi connectivity index (χ0n) is 10.3. The lowest BCUT2D eigenvalue weighted by Crippen LogP contribution is -1.99. The predicted molar refractivity (Wildman–Crippen MR) is 70.5 cm³/mol. The first kappa shape index (κ1) is 11.7.